The zero-order valence-electron chi connectivity index (χ0n) is 12.8. The van der Waals surface area contributed by atoms with Gasteiger partial charge in [0.2, 0.25) is 0 Å². The van der Waals surface area contributed by atoms with Crippen LogP contribution in [0.15, 0.2) is 24.3 Å². The van der Waals surface area contributed by atoms with Crippen molar-refractivity contribution in [1.82, 2.24) is 9.88 Å². The Balaban J connectivity index is 2.72. The Bertz CT molecular complexity index is 651. The van der Waals surface area contributed by atoms with Gasteiger partial charge in [0.15, 0.2) is 0 Å². The smallest absolute Gasteiger partial charge is 0.254 e. The first kappa shape index (κ1) is 15.8. The summed E-state index contributed by atoms with van der Waals surface area (Å²) in [6.07, 6.45) is 1.69. The van der Waals surface area contributed by atoms with Crippen molar-refractivity contribution in [2.45, 2.75) is 33.6 Å². The first-order chi connectivity index (χ1) is 10.1. The van der Waals surface area contributed by atoms with Crippen LogP contribution in [0.5, 0.6) is 0 Å². The van der Waals surface area contributed by atoms with E-state index in [0.717, 1.165) is 34.9 Å². The molecule has 1 amide bonds. The van der Waals surface area contributed by atoms with Crippen LogP contribution in [0.2, 0.25) is 5.15 Å². The molecule has 1 heterocycles. The number of halogens is 1. The standard InChI is InChI=1S/C17H21ClN2O/c1-4-9-13-15(17(21)20(5-2)6-3)12-10-7-8-11-14(12)19-16(13)18/h7-8,10-11H,4-6,9H2,1-3H3. The molecule has 4 heteroatoms. The number of fused-ring (bicyclic) bond motifs is 1. The summed E-state index contributed by atoms with van der Waals surface area (Å²) in [5, 5.41) is 1.34. The molecule has 0 spiro atoms. The number of hydrogen-bond acceptors (Lipinski definition) is 2. The number of benzene rings is 1. The van der Waals surface area contributed by atoms with Crippen molar-refractivity contribution in [3.63, 3.8) is 0 Å². The van der Waals surface area contributed by atoms with Gasteiger partial charge < -0.3 is 4.90 Å². The van der Waals surface area contributed by atoms with Crippen LogP contribution in [-0.2, 0) is 6.42 Å². The van der Waals surface area contributed by atoms with E-state index in [4.69, 9.17) is 11.6 Å². The van der Waals surface area contributed by atoms with Crippen molar-refractivity contribution in [1.29, 1.82) is 0 Å². The van der Waals surface area contributed by atoms with Gasteiger partial charge in [0.05, 0.1) is 11.1 Å². The highest BCUT2D eigenvalue weighted by Gasteiger charge is 2.22. The highest BCUT2D eigenvalue weighted by Crippen LogP contribution is 2.28. The molecule has 0 aliphatic heterocycles. The van der Waals surface area contributed by atoms with Crippen LogP contribution in [0.25, 0.3) is 10.9 Å². The molecular formula is C17H21ClN2O. The average molecular weight is 305 g/mol. The number of nitrogens with zero attached hydrogens (tertiary/aromatic N) is 2. The third kappa shape index (κ3) is 3.03. The summed E-state index contributed by atoms with van der Waals surface area (Å²) in [4.78, 5) is 19.2. The van der Waals surface area contributed by atoms with Gasteiger partial charge in [0, 0.05) is 24.0 Å². The van der Waals surface area contributed by atoms with Gasteiger partial charge in [-0.25, -0.2) is 4.98 Å². The minimum Gasteiger partial charge on any atom is -0.339 e. The van der Waals surface area contributed by atoms with Crippen LogP contribution < -0.4 is 0 Å². The molecule has 0 saturated carbocycles. The lowest BCUT2D eigenvalue weighted by Gasteiger charge is -2.22. The summed E-state index contributed by atoms with van der Waals surface area (Å²) in [7, 11) is 0. The zero-order chi connectivity index (χ0) is 15.4. The number of aromatic nitrogens is 1. The Hall–Kier alpha value is -1.61. The van der Waals surface area contributed by atoms with Crippen LogP contribution >= 0.6 is 11.6 Å². The van der Waals surface area contributed by atoms with Crippen LogP contribution in [-0.4, -0.2) is 28.9 Å². The minimum absolute atomic E-state index is 0.0453. The molecule has 0 saturated heterocycles. The lowest BCUT2D eigenvalue weighted by Crippen LogP contribution is -2.31. The van der Waals surface area contributed by atoms with Crippen molar-refractivity contribution >= 4 is 28.4 Å². The summed E-state index contributed by atoms with van der Waals surface area (Å²) in [5.41, 5.74) is 2.36. The van der Waals surface area contributed by atoms with Crippen LogP contribution in [0.4, 0.5) is 0 Å². The Morgan fingerprint density at radius 3 is 2.48 bits per heavy atom. The Labute approximate surface area is 130 Å². The first-order valence-corrected chi connectivity index (χ1v) is 7.88. The average Bonchev–Trinajstić information content (AvgIpc) is 2.49. The van der Waals surface area contributed by atoms with Gasteiger partial charge in [-0.15, -0.1) is 0 Å². The van der Waals surface area contributed by atoms with Gasteiger partial charge in [0.25, 0.3) is 5.91 Å². The second kappa shape index (κ2) is 6.90. The fourth-order valence-corrected chi connectivity index (χ4v) is 2.89. The van der Waals surface area contributed by atoms with E-state index in [1.54, 1.807) is 0 Å². The number of pyridine rings is 1. The van der Waals surface area contributed by atoms with Gasteiger partial charge in [0.1, 0.15) is 5.15 Å². The van der Waals surface area contributed by atoms with Crippen molar-refractivity contribution in [2.24, 2.45) is 0 Å². The van der Waals surface area contributed by atoms with Crippen LogP contribution in [0.3, 0.4) is 0 Å². The maximum Gasteiger partial charge on any atom is 0.254 e. The molecule has 0 atom stereocenters. The summed E-state index contributed by atoms with van der Waals surface area (Å²) >= 11 is 6.34. The highest BCUT2D eigenvalue weighted by molar-refractivity contribution is 6.31. The van der Waals surface area contributed by atoms with Crippen molar-refractivity contribution in [3.8, 4) is 0 Å². The second-order valence-electron chi connectivity index (χ2n) is 5.00. The number of rotatable bonds is 5. The van der Waals surface area contributed by atoms with Gasteiger partial charge >= 0.3 is 0 Å². The van der Waals surface area contributed by atoms with Crippen LogP contribution in [0, 0.1) is 0 Å². The number of amides is 1. The van der Waals surface area contributed by atoms with Crippen molar-refractivity contribution < 1.29 is 4.79 Å². The normalized spacial score (nSPS) is 10.9. The SMILES string of the molecule is CCCc1c(Cl)nc2ccccc2c1C(=O)N(CC)CC. The predicted molar refractivity (Wildman–Crippen MR) is 88.0 cm³/mol. The maximum atomic E-state index is 12.9. The molecule has 2 rings (SSSR count). The molecule has 0 aliphatic rings. The number of carbonyl (C=O) groups excluding carboxylic acids is 1. The van der Waals surface area contributed by atoms with Gasteiger partial charge in [-0.1, -0.05) is 43.1 Å². The quantitative estimate of drug-likeness (QED) is 0.771. The summed E-state index contributed by atoms with van der Waals surface area (Å²) in [6.45, 7) is 7.44. The Kier molecular flexibility index (Phi) is 5.18. The van der Waals surface area contributed by atoms with E-state index in [-0.39, 0.29) is 5.91 Å². The molecule has 0 radical (unpaired) electrons. The van der Waals surface area contributed by atoms with Crippen LogP contribution in [0.1, 0.15) is 43.1 Å². The molecule has 1 aromatic heterocycles. The molecule has 0 aliphatic carbocycles. The van der Waals surface area contributed by atoms with E-state index in [1.165, 1.54) is 0 Å². The van der Waals surface area contributed by atoms with Gasteiger partial charge in [-0.05, 0) is 26.3 Å². The highest BCUT2D eigenvalue weighted by atomic mass is 35.5. The fraction of sp³-hybridized carbons (Fsp3) is 0.412. The molecule has 112 valence electrons. The molecular weight excluding hydrogens is 284 g/mol. The summed E-state index contributed by atoms with van der Waals surface area (Å²) in [6, 6.07) is 7.70. The molecule has 0 unspecified atom stereocenters. The van der Waals surface area contributed by atoms with E-state index < -0.39 is 0 Å². The van der Waals surface area contributed by atoms with E-state index in [0.29, 0.717) is 18.2 Å². The van der Waals surface area contributed by atoms with Crippen molar-refractivity contribution in [2.75, 3.05) is 13.1 Å². The predicted octanol–water partition coefficient (Wildman–Crippen LogP) is 4.32. The van der Waals surface area contributed by atoms with E-state index in [2.05, 4.69) is 11.9 Å². The molecule has 21 heavy (non-hydrogen) atoms. The van der Waals surface area contributed by atoms with Gasteiger partial charge in [-0.2, -0.15) is 0 Å². The second-order valence-corrected chi connectivity index (χ2v) is 5.36. The molecule has 0 N–H and O–H groups in total. The van der Waals surface area contributed by atoms with E-state index in [1.807, 2.05) is 43.0 Å². The first-order valence-electron chi connectivity index (χ1n) is 7.50. The fourth-order valence-electron chi connectivity index (χ4n) is 2.61. The summed E-state index contributed by atoms with van der Waals surface area (Å²) in [5.74, 6) is 0.0453. The van der Waals surface area contributed by atoms with Crippen molar-refractivity contribution in [3.05, 3.63) is 40.5 Å². The number of carbonyl (C=O) groups is 1. The lowest BCUT2D eigenvalue weighted by atomic mass is 9.99. The molecule has 0 bridgehead atoms. The third-order valence-corrected chi connectivity index (χ3v) is 4.02. The topological polar surface area (TPSA) is 33.2 Å². The lowest BCUT2D eigenvalue weighted by molar-refractivity contribution is 0.0774. The monoisotopic (exact) mass is 304 g/mol. The molecule has 0 fully saturated rings. The zero-order valence-corrected chi connectivity index (χ0v) is 13.6. The minimum atomic E-state index is 0.0453. The number of para-hydroxylation sites is 1. The third-order valence-electron chi connectivity index (χ3n) is 3.71. The molecule has 2 aromatic rings. The molecule has 1 aromatic carbocycles. The van der Waals surface area contributed by atoms with E-state index in [9.17, 15) is 4.79 Å². The molecule has 3 nitrogen and oxygen atoms in total. The van der Waals surface area contributed by atoms with E-state index >= 15 is 0 Å². The largest absolute Gasteiger partial charge is 0.339 e. The Morgan fingerprint density at radius 2 is 1.86 bits per heavy atom. The Morgan fingerprint density at radius 1 is 1.19 bits per heavy atom. The van der Waals surface area contributed by atoms with Gasteiger partial charge in [-0.3, -0.25) is 4.79 Å². The summed E-state index contributed by atoms with van der Waals surface area (Å²) < 4.78 is 0. The number of hydrogen-bond donors (Lipinski definition) is 0. The maximum absolute atomic E-state index is 12.9.